The molecule has 0 aliphatic heterocycles. The van der Waals surface area contributed by atoms with Crippen LogP contribution < -0.4 is 10.0 Å². The molecule has 0 spiro atoms. The van der Waals surface area contributed by atoms with Gasteiger partial charge in [-0.15, -0.1) is 0 Å². The summed E-state index contributed by atoms with van der Waals surface area (Å²) in [5.74, 6) is 0.967. The molecular formula is C17H22N2O3S. The van der Waals surface area contributed by atoms with E-state index in [9.17, 15) is 13.2 Å². The van der Waals surface area contributed by atoms with Gasteiger partial charge in [0.25, 0.3) is 0 Å². The molecule has 23 heavy (non-hydrogen) atoms. The Balaban J connectivity index is 1.66. The van der Waals surface area contributed by atoms with Crippen LogP contribution in [0.25, 0.3) is 0 Å². The molecule has 6 heteroatoms. The zero-order valence-corrected chi connectivity index (χ0v) is 14.1. The molecule has 3 atom stereocenters. The summed E-state index contributed by atoms with van der Waals surface area (Å²) in [5, 5.41) is 2.90. The topological polar surface area (TPSA) is 75.3 Å². The molecule has 5 nitrogen and oxygen atoms in total. The van der Waals surface area contributed by atoms with Gasteiger partial charge in [0.1, 0.15) is 0 Å². The van der Waals surface area contributed by atoms with Crippen LogP contribution in [0, 0.1) is 17.8 Å². The highest BCUT2D eigenvalue weighted by molar-refractivity contribution is 7.89. The average molecular weight is 334 g/mol. The lowest BCUT2D eigenvalue weighted by atomic mass is 9.93. The van der Waals surface area contributed by atoms with Gasteiger partial charge < -0.3 is 5.32 Å². The SMILES string of the molecule is CC(C)NS(=O)(=O)c1ccc(NC(=O)[C@@H]2C[C@@H]3C=C[C@@H]2C3)cc1. The van der Waals surface area contributed by atoms with E-state index in [1.54, 1.807) is 26.0 Å². The van der Waals surface area contributed by atoms with Crippen molar-refractivity contribution >= 4 is 21.6 Å². The minimum absolute atomic E-state index is 0.0257. The van der Waals surface area contributed by atoms with Crippen LogP contribution in [-0.4, -0.2) is 20.4 Å². The molecule has 1 saturated carbocycles. The number of anilines is 1. The molecule has 2 aliphatic rings. The summed E-state index contributed by atoms with van der Waals surface area (Å²) in [6, 6.07) is 6.14. The third-order valence-corrected chi connectivity index (χ3v) is 6.11. The van der Waals surface area contributed by atoms with Crippen molar-refractivity contribution in [3.8, 4) is 0 Å². The summed E-state index contributed by atoms with van der Waals surface area (Å²) in [7, 11) is -3.50. The molecule has 2 N–H and O–H groups in total. The molecule has 1 fully saturated rings. The summed E-state index contributed by atoms with van der Waals surface area (Å²) in [6.07, 6.45) is 6.34. The molecule has 2 bridgehead atoms. The average Bonchev–Trinajstić information content (AvgIpc) is 3.09. The zero-order valence-electron chi connectivity index (χ0n) is 13.3. The molecule has 3 rings (SSSR count). The second kappa shape index (κ2) is 6.09. The molecule has 0 saturated heterocycles. The van der Waals surface area contributed by atoms with Crippen LogP contribution in [0.5, 0.6) is 0 Å². The van der Waals surface area contributed by atoms with Crippen molar-refractivity contribution in [1.29, 1.82) is 0 Å². The fraction of sp³-hybridized carbons (Fsp3) is 0.471. The normalized spacial score (nSPS) is 26.0. The monoisotopic (exact) mass is 334 g/mol. The van der Waals surface area contributed by atoms with Crippen LogP contribution in [-0.2, 0) is 14.8 Å². The Morgan fingerprint density at radius 3 is 2.35 bits per heavy atom. The van der Waals surface area contributed by atoms with Gasteiger partial charge in [0.2, 0.25) is 15.9 Å². The van der Waals surface area contributed by atoms with Crippen molar-refractivity contribution in [2.75, 3.05) is 5.32 Å². The molecule has 0 unspecified atom stereocenters. The van der Waals surface area contributed by atoms with E-state index >= 15 is 0 Å². The number of hydrogen-bond donors (Lipinski definition) is 2. The van der Waals surface area contributed by atoms with Gasteiger partial charge in [-0.2, -0.15) is 0 Å². The van der Waals surface area contributed by atoms with Crippen LogP contribution >= 0.6 is 0 Å². The highest BCUT2D eigenvalue weighted by Crippen LogP contribution is 2.43. The predicted molar refractivity (Wildman–Crippen MR) is 89.4 cm³/mol. The van der Waals surface area contributed by atoms with Crippen molar-refractivity contribution < 1.29 is 13.2 Å². The lowest BCUT2D eigenvalue weighted by Gasteiger charge is -2.17. The number of hydrogen-bond acceptors (Lipinski definition) is 3. The molecular weight excluding hydrogens is 312 g/mol. The van der Waals surface area contributed by atoms with Gasteiger partial charge in [0.15, 0.2) is 0 Å². The van der Waals surface area contributed by atoms with Gasteiger partial charge in [-0.3, -0.25) is 4.79 Å². The van der Waals surface area contributed by atoms with E-state index in [2.05, 4.69) is 22.2 Å². The van der Waals surface area contributed by atoms with Crippen LogP contribution in [0.3, 0.4) is 0 Å². The van der Waals surface area contributed by atoms with E-state index < -0.39 is 10.0 Å². The fourth-order valence-electron chi connectivity index (χ4n) is 3.41. The first kappa shape index (κ1) is 16.2. The van der Waals surface area contributed by atoms with Gasteiger partial charge in [-0.1, -0.05) is 12.2 Å². The largest absolute Gasteiger partial charge is 0.326 e. The number of rotatable bonds is 5. The zero-order chi connectivity index (χ0) is 16.6. The Morgan fingerprint density at radius 2 is 1.83 bits per heavy atom. The molecule has 1 aromatic carbocycles. The second-order valence-electron chi connectivity index (χ2n) is 6.68. The third-order valence-electron chi connectivity index (χ3n) is 4.44. The standard InChI is InChI=1S/C17H22N2O3S/c1-11(2)19-23(21,22)15-7-5-14(6-8-15)18-17(20)16-10-12-3-4-13(16)9-12/h3-8,11-13,16,19H,9-10H2,1-2H3,(H,18,20)/t12-,13-,16-/m1/s1. The first-order valence-electron chi connectivity index (χ1n) is 7.97. The Morgan fingerprint density at radius 1 is 1.13 bits per heavy atom. The molecule has 2 aliphatic carbocycles. The molecule has 1 aromatic rings. The van der Waals surface area contributed by atoms with E-state index in [0.717, 1.165) is 12.8 Å². The number of nitrogens with one attached hydrogen (secondary N) is 2. The third kappa shape index (κ3) is 3.48. The van der Waals surface area contributed by atoms with E-state index in [1.807, 2.05) is 0 Å². The summed E-state index contributed by atoms with van der Waals surface area (Å²) in [6.45, 7) is 3.55. The molecule has 124 valence electrons. The van der Waals surface area contributed by atoms with Crippen molar-refractivity contribution in [3.05, 3.63) is 36.4 Å². The Hall–Kier alpha value is -1.66. The smallest absolute Gasteiger partial charge is 0.240 e. The van der Waals surface area contributed by atoms with Gasteiger partial charge in [-0.05, 0) is 62.8 Å². The highest BCUT2D eigenvalue weighted by atomic mass is 32.2. The number of carbonyl (C=O) groups excluding carboxylic acids is 1. The predicted octanol–water partition coefficient (Wildman–Crippen LogP) is 2.52. The summed E-state index contributed by atoms with van der Waals surface area (Å²) in [5.41, 5.74) is 0.630. The molecule has 0 radical (unpaired) electrons. The van der Waals surface area contributed by atoms with E-state index in [0.29, 0.717) is 17.5 Å². The van der Waals surface area contributed by atoms with E-state index in [-0.39, 0.29) is 22.8 Å². The Bertz CT molecular complexity index is 723. The minimum atomic E-state index is -3.50. The Kier molecular flexibility index (Phi) is 4.29. The van der Waals surface area contributed by atoms with Crippen molar-refractivity contribution in [1.82, 2.24) is 4.72 Å². The molecule has 0 aromatic heterocycles. The second-order valence-corrected chi connectivity index (χ2v) is 8.39. The van der Waals surface area contributed by atoms with Crippen LogP contribution in [0.15, 0.2) is 41.3 Å². The molecule has 1 amide bonds. The van der Waals surface area contributed by atoms with Crippen molar-refractivity contribution in [3.63, 3.8) is 0 Å². The summed E-state index contributed by atoms with van der Waals surface area (Å²) in [4.78, 5) is 12.6. The quantitative estimate of drug-likeness (QED) is 0.813. The number of allylic oxidation sites excluding steroid dienone is 2. The first-order valence-corrected chi connectivity index (χ1v) is 9.45. The van der Waals surface area contributed by atoms with E-state index in [1.165, 1.54) is 12.1 Å². The fourth-order valence-corrected chi connectivity index (χ4v) is 4.66. The van der Waals surface area contributed by atoms with Crippen LogP contribution in [0.4, 0.5) is 5.69 Å². The maximum Gasteiger partial charge on any atom is 0.240 e. The number of benzene rings is 1. The lowest BCUT2D eigenvalue weighted by molar-refractivity contribution is -0.120. The van der Waals surface area contributed by atoms with Crippen molar-refractivity contribution in [2.24, 2.45) is 17.8 Å². The van der Waals surface area contributed by atoms with Crippen LogP contribution in [0.1, 0.15) is 26.7 Å². The highest BCUT2D eigenvalue weighted by Gasteiger charge is 2.39. The first-order chi connectivity index (χ1) is 10.8. The Labute approximate surface area is 137 Å². The van der Waals surface area contributed by atoms with Crippen molar-refractivity contribution in [2.45, 2.75) is 37.6 Å². The van der Waals surface area contributed by atoms with Gasteiger partial charge in [-0.25, -0.2) is 13.1 Å². The molecule has 0 heterocycles. The maximum absolute atomic E-state index is 12.4. The number of fused-ring (bicyclic) bond motifs is 2. The minimum Gasteiger partial charge on any atom is -0.326 e. The van der Waals surface area contributed by atoms with Gasteiger partial charge in [0.05, 0.1) is 4.90 Å². The summed E-state index contributed by atoms with van der Waals surface area (Å²) < 4.78 is 26.7. The van der Waals surface area contributed by atoms with Gasteiger partial charge >= 0.3 is 0 Å². The van der Waals surface area contributed by atoms with Crippen LogP contribution in [0.2, 0.25) is 0 Å². The van der Waals surface area contributed by atoms with E-state index in [4.69, 9.17) is 0 Å². The number of sulfonamides is 1. The number of carbonyl (C=O) groups is 1. The summed E-state index contributed by atoms with van der Waals surface area (Å²) >= 11 is 0. The lowest BCUT2D eigenvalue weighted by Crippen LogP contribution is -2.30. The van der Waals surface area contributed by atoms with Gasteiger partial charge in [0, 0.05) is 17.6 Å². The number of amides is 1. The maximum atomic E-state index is 12.4.